The van der Waals surface area contributed by atoms with Gasteiger partial charge in [-0.2, -0.15) is 0 Å². The van der Waals surface area contributed by atoms with Crippen molar-refractivity contribution in [1.82, 2.24) is 10.6 Å². The number of hydrogen-bond donors (Lipinski definition) is 2. The van der Waals surface area contributed by atoms with Gasteiger partial charge < -0.3 is 15.4 Å². The van der Waals surface area contributed by atoms with E-state index in [1.165, 1.54) is 0 Å². The van der Waals surface area contributed by atoms with Crippen molar-refractivity contribution in [3.8, 4) is 0 Å². The molecule has 2 rings (SSSR count). The maximum absolute atomic E-state index is 11.7. The van der Waals surface area contributed by atoms with Crippen LogP contribution < -0.4 is 10.6 Å². The highest BCUT2D eigenvalue weighted by Crippen LogP contribution is 2.05. The molecule has 0 aliphatic carbocycles. The molecule has 1 aliphatic rings. The standard InChI is InChI=1S/C15H20N2O3/c1-11-4-6-12(7-5-11)10-20-14(18)9-17-15(19)13-3-2-8-16-13/h4-7,13,16H,2-3,8-10H2,1H3,(H,17,19)/t13-/m0/s1. The quantitative estimate of drug-likeness (QED) is 0.784. The van der Waals surface area contributed by atoms with Crippen molar-refractivity contribution in [1.29, 1.82) is 0 Å². The highest BCUT2D eigenvalue weighted by atomic mass is 16.5. The molecule has 0 aromatic heterocycles. The fraction of sp³-hybridized carbons (Fsp3) is 0.467. The molecule has 1 aromatic carbocycles. The topological polar surface area (TPSA) is 67.4 Å². The van der Waals surface area contributed by atoms with Gasteiger partial charge in [0.15, 0.2) is 0 Å². The van der Waals surface area contributed by atoms with Crippen molar-refractivity contribution < 1.29 is 14.3 Å². The summed E-state index contributed by atoms with van der Waals surface area (Å²) in [6.45, 7) is 3.01. The molecule has 1 heterocycles. The third-order valence-corrected chi connectivity index (χ3v) is 3.30. The maximum atomic E-state index is 11.7. The lowest BCUT2D eigenvalue weighted by molar-refractivity contribution is -0.145. The van der Waals surface area contributed by atoms with E-state index in [0.717, 1.165) is 30.5 Å². The number of rotatable bonds is 5. The summed E-state index contributed by atoms with van der Waals surface area (Å²) in [5.41, 5.74) is 2.10. The number of carbonyl (C=O) groups excluding carboxylic acids is 2. The van der Waals surface area contributed by atoms with Gasteiger partial charge in [0.2, 0.25) is 5.91 Å². The second-order valence-corrected chi connectivity index (χ2v) is 5.01. The SMILES string of the molecule is Cc1ccc(COC(=O)CNC(=O)[C@@H]2CCCN2)cc1. The lowest BCUT2D eigenvalue weighted by atomic mass is 10.2. The number of aryl methyl sites for hydroxylation is 1. The minimum Gasteiger partial charge on any atom is -0.460 e. The fourth-order valence-electron chi connectivity index (χ4n) is 2.09. The van der Waals surface area contributed by atoms with Crippen LogP contribution in [-0.2, 0) is 20.9 Å². The second kappa shape index (κ2) is 7.05. The van der Waals surface area contributed by atoms with E-state index >= 15 is 0 Å². The third-order valence-electron chi connectivity index (χ3n) is 3.30. The maximum Gasteiger partial charge on any atom is 0.325 e. The van der Waals surface area contributed by atoms with Gasteiger partial charge in [0.05, 0.1) is 6.04 Å². The van der Waals surface area contributed by atoms with Crippen molar-refractivity contribution in [2.75, 3.05) is 13.1 Å². The number of amides is 1. The summed E-state index contributed by atoms with van der Waals surface area (Å²) in [6, 6.07) is 7.61. The van der Waals surface area contributed by atoms with E-state index in [4.69, 9.17) is 4.74 Å². The smallest absolute Gasteiger partial charge is 0.325 e. The van der Waals surface area contributed by atoms with Crippen molar-refractivity contribution in [2.45, 2.75) is 32.4 Å². The highest BCUT2D eigenvalue weighted by molar-refractivity contribution is 5.85. The van der Waals surface area contributed by atoms with Crippen LogP contribution in [0.3, 0.4) is 0 Å². The van der Waals surface area contributed by atoms with E-state index < -0.39 is 5.97 Å². The summed E-state index contributed by atoms with van der Waals surface area (Å²) in [7, 11) is 0. The lowest BCUT2D eigenvalue weighted by Gasteiger charge is -2.10. The van der Waals surface area contributed by atoms with Crippen LogP contribution >= 0.6 is 0 Å². The van der Waals surface area contributed by atoms with Crippen molar-refractivity contribution in [3.05, 3.63) is 35.4 Å². The zero-order valence-corrected chi connectivity index (χ0v) is 11.6. The van der Waals surface area contributed by atoms with E-state index in [2.05, 4.69) is 10.6 Å². The largest absolute Gasteiger partial charge is 0.460 e. The number of carbonyl (C=O) groups is 2. The molecule has 1 amide bonds. The minimum atomic E-state index is -0.420. The Bertz CT molecular complexity index is 465. The molecule has 20 heavy (non-hydrogen) atoms. The Morgan fingerprint density at radius 3 is 2.75 bits per heavy atom. The molecular formula is C15H20N2O3. The molecule has 0 bridgehead atoms. The molecule has 0 saturated carbocycles. The van der Waals surface area contributed by atoms with E-state index in [0.29, 0.717) is 0 Å². The van der Waals surface area contributed by atoms with Gasteiger partial charge in [-0.25, -0.2) is 0 Å². The van der Waals surface area contributed by atoms with Crippen LogP contribution in [0.1, 0.15) is 24.0 Å². The average Bonchev–Trinajstić information content (AvgIpc) is 2.98. The van der Waals surface area contributed by atoms with Gasteiger partial charge in [0.1, 0.15) is 13.2 Å². The Hall–Kier alpha value is -1.88. The Morgan fingerprint density at radius 1 is 1.35 bits per heavy atom. The summed E-state index contributed by atoms with van der Waals surface area (Å²) in [4.78, 5) is 23.2. The molecule has 108 valence electrons. The summed E-state index contributed by atoms with van der Waals surface area (Å²) in [5.74, 6) is -0.549. The minimum absolute atomic E-state index is 0.0805. The molecule has 2 N–H and O–H groups in total. The molecule has 1 fully saturated rings. The number of benzene rings is 1. The second-order valence-electron chi connectivity index (χ2n) is 5.01. The van der Waals surface area contributed by atoms with Gasteiger partial charge in [0, 0.05) is 0 Å². The first-order valence-corrected chi connectivity index (χ1v) is 6.87. The molecule has 5 heteroatoms. The Labute approximate surface area is 118 Å². The normalized spacial score (nSPS) is 17.8. The van der Waals surface area contributed by atoms with Gasteiger partial charge in [-0.3, -0.25) is 9.59 Å². The van der Waals surface area contributed by atoms with E-state index in [1.807, 2.05) is 31.2 Å². The molecule has 0 spiro atoms. The fourth-order valence-corrected chi connectivity index (χ4v) is 2.09. The summed E-state index contributed by atoms with van der Waals surface area (Å²) in [6.07, 6.45) is 1.82. The van der Waals surface area contributed by atoms with Crippen LogP contribution in [0.25, 0.3) is 0 Å². The number of ether oxygens (including phenoxy) is 1. The zero-order chi connectivity index (χ0) is 14.4. The van der Waals surface area contributed by atoms with Crippen LogP contribution in [0.15, 0.2) is 24.3 Å². The first-order valence-electron chi connectivity index (χ1n) is 6.87. The van der Waals surface area contributed by atoms with Crippen LogP contribution in [0.2, 0.25) is 0 Å². The van der Waals surface area contributed by atoms with E-state index in [9.17, 15) is 9.59 Å². The van der Waals surface area contributed by atoms with Gasteiger partial charge >= 0.3 is 5.97 Å². The first-order chi connectivity index (χ1) is 9.65. The monoisotopic (exact) mass is 276 g/mol. The van der Waals surface area contributed by atoms with Crippen molar-refractivity contribution >= 4 is 11.9 Å². The molecule has 0 unspecified atom stereocenters. The third kappa shape index (κ3) is 4.35. The van der Waals surface area contributed by atoms with E-state index in [1.54, 1.807) is 0 Å². The number of hydrogen-bond acceptors (Lipinski definition) is 4. The molecule has 1 atom stereocenters. The van der Waals surface area contributed by atoms with Crippen LogP contribution in [0, 0.1) is 6.92 Å². The Balaban J connectivity index is 1.67. The summed E-state index contributed by atoms with van der Waals surface area (Å²) in [5, 5.41) is 5.67. The molecule has 0 radical (unpaired) electrons. The summed E-state index contributed by atoms with van der Waals surface area (Å²) < 4.78 is 5.11. The zero-order valence-electron chi connectivity index (χ0n) is 11.6. The predicted molar refractivity (Wildman–Crippen MR) is 75.0 cm³/mol. The Morgan fingerprint density at radius 2 is 2.10 bits per heavy atom. The van der Waals surface area contributed by atoms with Gasteiger partial charge in [-0.1, -0.05) is 29.8 Å². The predicted octanol–water partition coefficient (Wildman–Crippen LogP) is 0.906. The van der Waals surface area contributed by atoms with Crippen LogP contribution in [0.4, 0.5) is 0 Å². The van der Waals surface area contributed by atoms with Crippen molar-refractivity contribution in [2.24, 2.45) is 0 Å². The number of nitrogens with one attached hydrogen (secondary N) is 2. The summed E-state index contributed by atoms with van der Waals surface area (Å²) >= 11 is 0. The van der Waals surface area contributed by atoms with E-state index in [-0.39, 0.29) is 25.1 Å². The lowest BCUT2D eigenvalue weighted by Crippen LogP contribution is -2.42. The molecule has 1 aromatic rings. The molecule has 1 saturated heterocycles. The van der Waals surface area contributed by atoms with Gasteiger partial charge in [-0.05, 0) is 31.9 Å². The average molecular weight is 276 g/mol. The van der Waals surface area contributed by atoms with Crippen LogP contribution in [0.5, 0.6) is 0 Å². The number of esters is 1. The van der Waals surface area contributed by atoms with Gasteiger partial charge in [-0.15, -0.1) is 0 Å². The van der Waals surface area contributed by atoms with Crippen LogP contribution in [-0.4, -0.2) is 31.0 Å². The first kappa shape index (κ1) is 14.5. The molecular weight excluding hydrogens is 256 g/mol. The van der Waals surface area contributed by atoms with Crippen molar-refractivity contribution in [3.63, 3.8) is 0 Å². The Kier molecular flexibility index (Phi) is 5.12. The highest BCUT2D eigenvalue weighted by Gasteiger charge is 2.22. The molecule has 1 aliphatic heterocycles. The van der Waals surface area contributed by atoms with Gasteiger partial charge in [0.25, 0.3) is 0 Å². The molecule has 5 nitrogen and oxygen atoms in total.